The predicted molar refractivity (Wildman–Crippen MR) is 124 cm³/mol. The first kappa shape index (κ1) is 22.3. The summed E-state index contributed by atoms with van der Waals surface area (Å²) in [5.74, 6) is 1.50. The average Bonchev–Trinajstić information content (AvgIpc) is 3.31. The van der Waals surface area contributed by atoms with Crippen LogP contribution in [0.5, 0.6) is 11.5 Å². The molecule has 2 aromatic carbocycles. The van der Waals surface area contributed by atoms with Crippen molar-refractivity contribution in [3.8, 4) is 17.2 Å². The SMILES string of the molecule is COc1ccc(-n2nnc(C(=O)NCc3ccccc3OC)c2CSc2ncccn2)cc1. The first-order valence-corrected chi connectivity index (χ1v) is 11.1. The van der Waals surface area contributed by atoms with Crippen LogP contribution in [0.25, 0.3) is 5.69 Å². The molecule has 2 aromatic heterocycles. The molecule has 0 fully saturated rings. The summed E-state index contributed by atoms with van der Waals surface area (Å²) < 4.78 is 12.2. The van der Waals surface area contributed by atoms with Gasteiger partial charge >= 0.3 is 0 Å². The standard InChI is InChI=1S/C23H22N6O3S/c1-31-18-10-8-17(9-11-18)29-19(15-33-23-24-12-5-13-25-23)21(27-28-29)22(30)26-14-16-6-3-4-7-20(16)32-2/h3-13H,14-15H2,1-2H3,(H,26,30). The van der Waals surface area contributed by atoms with E-state index in [4.69, 9.17) is 9.47 Å². The number of amides is 1. The average molecular weight is 463 g/mol. The summed E-state index contributed by atoms with van der Waals surface area (Å²) in [5.41, 5.74) is 2.50. The van der Waals surface area contributed by atoms with Gasteiger partial charge in [-0.1, -0.05) is 35.2 Å². The Morgan fingerprint density at radius 3 is 2.48 bits per heavy atom. The van der Waals surface area contributed by atoms with Crippen LogP contribution in [0.3, 0.4) is 0 Å². The van der Waals surface area contributed by atoms with Crippen LogP contribution in [0, 0.1) is 0 Å². The molecule has 2 heterocycles. The van der Waals surface area contributed by atoms with E-state index in [1.807, 2.05) is 48.5 Å². The lowest BCUT2D eigenvalue weighted by molar-refractivity contribution is 0.0945. The summed E-state index contributed by atoms with van der Waals surface area (Å²) >= 11 is 1.40. The maximum atomic E-state index is 13.1. The molecule has 168 valence electrons. The van der Waals surface area contributed by atoms with Crippen molar-refractivity contribution in [3.63, 3.8) is 0 Å². The molecule has 4 rings (SSSR count). The van der Waals surface area contributed by atoms with Crippen molar-refractivity contribution >= 4 is 17.7 Å². The van der Waals surface area contributed by atoms with E-state index in [1.165, 1.54) is 11.8 Å². The number of nitrogens with one attached hydrogen (secondary N) is 1. The minimum Gasteiger partial charge on any atom is -0.497 e. The molecule has 0 aliphatic heterocycles. The van der Waals surface area contributed by atoms with E-state index in [1.54, 1.807) is 37.4 Å². The lowest BCUT2D eigenvalue weighted by Crippen LogP contribution is -2.24. The van der Waals surface area contributed by atoms with E-state index in [9.17, 15) is 4.79 Å². The predicted octanol–water partition coefficient (Wildman–Crippen LogP) is 3.30. The van der Waals surface area contributed by atoms with Crippen LogP contribution in [0.2, 0.25) is 0 Å². The Hall–Kier alpha value is -3.92. The van der Waals surface area contributed by atoms with Gasteiger partial charge in [0.2, 0.25) is 0 Å². The Morgan fingerprint density at radius 1 is 1.00 bits per heavy atom. The molecule has 0 spiro atoms. The lowest BCUT2D eigenvalue weighted by Gasteiger charge is -2.10. The topological polar surface area (TPSA) is 104 Å². The Balaban J connectivity index is 1.60. The van der Waals surface area contributed by atoms with Gasteiger partial charge in [0.15, 0.2) is 10.9 Å². The van der Waals surface area contributed by atoms with Crippen LogP contribution < -0.4 is 14.8 Å². The molecule has 0 atom stereocenters. The van der Waals surface area contributed by atoms with Crippen LogP contribution in [0.1, 0.15) is 21.7 Å². The third-order valence-corrected chi connectivity index (χ3v) is 5.69. The van der Waals surface area contributed by atoms with Gasteiger partial charge in [0, 0.05) is 30.3 Å². The molecule has 0 unspecified atom stereocenters. The molecule has 1 N–H and O–H groups in total. The minimum atomic E-state index is -0.328. The van der Waals surface area contributed by atoms with Crippen LogP contribution in [-0.2, 0) is 12.3 Å². The highest BCUT2D eigenvalue weighted by molar-refractivity contribution is 7.98. The fraction of sp³-hybridized carbons (Fsp3) is 0.174. The van der Waals surface area contributed by atoms with Gasteiger partial charge in [-0.2, -0.15) is 0 Å². The van der Waals surface area contributed by atoms with Crippen molar-refractivity contribution < 1.29 is 14.3 Å². The number of benzene rings is 2. The van der Waals surface area contributed by atoms with Gasteiger partial charge in [-0.05, 0) is 36.4 Å². The van der Waals surface area contributed by atoms with E-state index in [0.717, 1.165) is 17.0 Å². The Bertz CT molecular complexity index is 1210. The normalized spacial score (nSPS) is 10.6. The number of carbonyl (C=O) groups is 1. The number of hydrogen-bond donors (Lipinski definition) is 1. The number of para-hydroxylation sites is 1. The number of hydrogen-bond acceptors (Lipinski definition) is 8. The molecule has 0 radical (unpaired) electrons. The third kappa shape index (κ3) is 5.29. The largest absolute Gasteiger partial charge is 0.497 e. The van der Waals surface area contributed by atoms with Gasteiger partial charge in [-0.25, -0.2) is 14.6 Å². The zero-order valence-corrected chi connectivity index (χ0v) is 19.0. The molecule has 0 aliphatic rings. The summed E-state index contributed by atoms with van der Waals surface area (Å²) in [7, 11) is 3.21. The molecular formula is C23H22N6O3S. The molecule has 1 amide bonds. The van der Waals surface area contributed by atoms with Crippen LogP contribution in [0.15, 0.2) is 72.1 Å². The maximum Gasteiger partial charge on any atom is 0.274 e. The van der Waals surface area contributed by atoms with Crippen molar-refractivity contribution in [2.24, 2.45) is 0 Å². The van der Waals surface area contributed by atoms with Gasteiger partial charge in [0.05, 0.1) is 25.6 Å². The summed E-state index contributed by atoms with van der Waals surface area (Å²) in [4.78, 5) is 21.6. The van der Waals surface area contributed by atoms with E-state index >= 15 is 0 Å². The number of ether oxygens (including phenoxy) is 2. The number of aromatic nitrogens is 5. The van der Waals surface area contributed by atoms with Gasteiger partial charge in [-0.15, -0.1) is 5.10 Å². The summed E-state index contributed by atoms with van der Waals surface area (Å²) in [5, 5.41) is 12.0. The number of carbonyl (C=O) groups excluding carboxylic acids is 1. The number of methoxy groups -OCH3 is 2. The van der Waals surface area contributed by atoms with E-state index in [0.29, 0.717) is 28.9 Å². The fourth-order valence-electron chi connectivity index (χ4n) is 3.14. The number of nitrogens with zero attached hydrogens (tertiary/aromatic N) is 5. The highest BCUT2D eigenvalue weighted by Crippen LogP contribution is 2.24. The highest BCUT2D eigenvalue weighted by atomic mass is 32.2. The third-order valence-electron chi connectivity index (χ3n) is 4.81. The van der Waals surface area contributed by atoms with Crippen molar-refractivity contribution in [2.45, 2.75) is 17.5 Å². The van der Waals surface area contributed by atoms with Crippen molar-refractivity contribution in [1.82, 2.24) is 30.3 Å². The fourth-order valence-corrected chi connectivity index (χ4v) is 3.94. The highest BCUT2D eigenvalue weighted by Gasteiger charge is 2.21. The summed E-state index contributed by atoms with van der Waals surface area (Å²) in [6.07, 6.45) is 3.35. The summed E-state index contributed by atoms with van der Waals surface area (Å²) in [6.45, 7) is 0.298. The molecule has 0 bridgehead atoms. The smallest absolute Gasteiger partial charge is 0.274 e. The molecule has 4 aromatic rings. The Labute approximate surface area is 195 Å². The molecular weight excluding hydrogens is 440 g/mol. The van der Waals surface area contributed by atoms with Gasteiger partial charge < -0.3 is 14.8 Å². The molecule has 0 aliphatic carbocycles. The first-order chi connectivity index (χ1) is 16.2. The van der Waals surface area contributed by atoms with Crippen molar-refractivity contribution in [3.05, 3.63) is 83.9 Å². The minimum absolute atomic E-state index is 0.240. The van der Waals surface area contributed by atoms with Crippen molar-refractivity contribution in [1.29, 1.82) is 0 Å². The van der Waals surface area contributed by atoms with Crippen LogP contribution >= 0.6 is 11.8 Å². The molecule has 0 saturated carbocycles. The molecule has 0 saturated heterocycles. The van der Waals surface area contributed by atoms with Gasteiger partial charge in [-0.3, -0.25) is 4.79 Å². The van der Waals surface area contributed by atoms with E-state index in [2.05, 4.69) is 25.6 Å². The zero-order valence-electron chi connectivity index (χ0n) is 18.1. The lowest BCUT2D eigenvalue weighted by atomic mass is 10.2. The second-order valence-corrected chi connectivity index (χ2v) is 7.75. The Kier molecular flexibility index (Phi) is 7.16. The van der Waals surface area contributed by atoms with Gasteiger partial charge in [0.25, 0.3) is 5.91 Å². The van der Waals surface area contributed by atoms with E-state index in [-0.39, 0.29) is 11.6 Å². The van der Waals surface area contributed by atoms with Crippen LogP contribution in [-0.4, -0.2) is 45.1 Å². The molecule has 33 heavy (non-hydrogen) atoms. The second-order valence-electron chi connectivity index (χ2n) is 6.81. The van der Waals surface area contributed by atoms with E-state index < -0.39 is 0 Å². The first-order valence-electron chi connectivity index (χ1n) is 10.1. The van der Waals surface area contributed by atoms with Gasteiger partial charge in [0.1, 0.15) is 11.5 Å². The quantitative estimate of drug-likeness (QED) is 0.298. The van der Waals surface area contributed by atoms with Crippen molar-refractivity contribution in [2.75, 3.05) is 14.2 Å². The number of rotatable bonds is 9. The monoisotopic (exact) mass is 462 g/mol. The summed E-state index contributed by atoms with van der Waals surface area (Å²) in [6, 6.07) is 16.7. The number of thioether (sulfide) groups is 1. The molecule has 9 nitrogen and oxygen atoms in total. The zero-order chi connectivity index (χ0) is 23.0. The molecule has 10 heteroatoms. The Morgan fingerprint density at radius 2 is 1.76 bits per heavy atom. The van der Waals surface area contributed by atoms with Crippen LogP contribution in [0.4, 0.5) is 0 Å². The second kappa shape index (κ2) is 10.6. The maximum absolute atomic E-state index is 13.1.